The van der Waals surface area contributed by atoms with E-state index in [9.17, 15) is 4.79 Å². The van der Waals surface area contributed by atoms with Gasteiger partial charge in [0.15, 0.2) is 0 Å². The topological polar surface area (TPSA) is 47.6 Å². The minimum absolute atomic E-state index is 0.0232. The zero-order valence-corrected chi connectivity index (χ0v) is 13.0. The molecule has 2 rings (SSSR count). The van der Waals surface area contributed by atoms with Crippen LogP contribution in [0.4, 0.5) is 0 Å². The fourth-order valence-corrected chi connectivity index (χ4v) is 3.67. The minimum atomic E-state index is -0.0389. The molecule has 2 atom stereocenters. The first-order chi connectivity index (χ1) is 9.67. The van der Waals surface area contributed by atoms with E-state index in [0.29, 0.717) is 6.42 Å². The zero-order chi connectivity index (χ0) is 14.4. The van der Waals surface area contributed by atoms with Crippen molar-refractivity contribution in [2.75, 3.05) is 14.2 Å². The van der Waals surface area contributed by atoms with Crippen LogP contribution in [-0.2, 0) is 14.3 Å². The third kappa shape index (κ3) is 4.19. The standard InChI is InChI=1S/C16H29NO3/c1-17-16(9-4-3-5-10-16)12-15(18)20-14-8-6-7-13(11-14)19-2/h13-14,17H,3-12H2,1-2H3. The van der Waals surface area contributed by atoms with Crippen molar-refractivity contribution < 1.29 is 14.3 Å². The monoisotopic (exact) mass is 283 g/mol. The van der Waals surface area contributed by atoms with Crippen molar-refractivity contribution >= 4 is 5.97 Å². The van der Waals surface area contributed by atoms with E-state index in [1.807, 2.05) is 7.05 Å². The Morgan fingerprint density at radius 1 is 1.15 bits per heavy atom. The van der Waals surface area contributed by atoms with Gasteiger partial charge in [0, 0.05) is 19.1 Å². The molecule has 2 aliphatic rings. The van der Waals surface area contributed by atoms with Gasteiger partial charge < -0.3 is 14.8 Å². The van der Waals surface area contributed by atoms with Crippen LogP contribution < -0.4 is 5.32 Å². The Balaban J connectivity index is 1.81. The molecule has 0 radical (unpaired) electrons. The summed E-state index contributed by atoms with van der Waals surface area (Å²) in [6.07, 6.45) is 10.7. The average Bonchev–Trinajstić information content (AvgIpc) is 2.48. The Morgan fingerprint density at radius 2 is 1.85 bits per heavy atom. The lowest BCUT2D eigenvalue weighted by Gasteiger charge is -2.37. The van der Waals surface area contributed by atoms with Crippen LogP contribution >= 0.6 is 0 Å². The summed E-state index contributed by atoms with van der Waals surface area (Å²) in [6.45, 7) is 0. The van der Waals surface area contributed by atoms with Crippen molar-refractivity contribution in [3.63, 3.8) is 0 Å². The molecule has 0 aromatic rings. The summed E-state index contributed by atoms with van der Waals surface area (Å²) in [7, 11) is 3.72. The van der Waals surface area contributed by atoms with Gasteiger partial charge in [0.25, 0.3) is 0 Å². The molecule has 0 aromatic heterocycles. The van der Waals surface area contributed by atoms with E-state index in [2.05, 4.69) is 5.32 Å². The molecular formula is C16H29NO3. The molecule has 0 aromatic carbocycles. The Hall–Kier alpha value is -0.610. The van der Waals surface area contributed by atoms with Crippen LogP contribution in [0, 0.1) is 0 Å². The number of esters is 1. The molecule has 1 N–H and O–H groups in total. The fraction of sp³-hybridized carbons (Fsp3) is 0.938. The number of hydrogen-bond acceptors (Lipinski definition) is 4. The molecule has 0 amide bonds. The highest BCUT2D eigenvalue weighted by atomic mass is 16.5. The highest BCUT2D eigenvalue weighted by Gasteiger charge is 2.34. The summed E-state index contributed by atoms with van der Waals surface area (Å²) in [6, 6.07) is 0. The van der Waals surface area contributed by atoms with Crippen molar-refractivity contribution in [1.29, 1.82) is 0 Å². The number of methoxy groups -OCH3 is 1. The fourth-order valence-electron chi connectivity index (χ4n) is 3.67. The van der Waals surface area contributed by atoms with E-state index in [-0.39, 0.29) is 23.7 Å². The maximum Gasteiger partial charge on any atom is 0.307 e. The predicted molar refractivity (Wildman–Crippen MR) is 78.6 cm³/mol. The second-order valence-corrected chi connectivity index (χ2v) is 6.40. The van der Waals surface area contributed by atoms with Crippen LogP contribution in [0.3, 0.4) is 0 Å². The first-order valence-electron chi connectivity index (χ1n) is 8.09. The second-order valence-electron chi connectivity index (χ2n) is 6.40. The molecule has 2 unspecified atom stereocenters. The van der Waals surface area contributed by atoms with Crippen molar-refractivity contribution in [2.24, 2.45) is 0 Å². The van der Waals surface area contributed by atoms with Gasteiger partial charge in [0.1, 0.15) is 6.10 Å². The normalized spacial score (nSPS) is 29.9. The summed E-state index contributed by atoms with van der Waals surface area (Å²) < 4.78 is 11.1. The maximum atomic E-state index is 12.2. The Labute approximate surface area is 122 Å². The largest absolute Gasteiger partial charge is 0.462 e. The van der Waals surface area contributed by atoms with Gasteiger partial charge in [-0.1, -0.05) is 19.3 Å². The van der Waals surface area contributed by atoms with E-state index in [1.54, 1.807) is 7.11 Å². The van der Waals surface area contributed by atoms with Gasteiger partial charge >= 0.3 is 5.97 Å². The summed E-state index contributed by atoms with van der Waals surface area (Å²) in [4.78, 5) is 12.2. The molecule has 2 aliphatic carbocycles. The summed E-state index contributed by atoms with van der Waals surface area (Å²) >= 11 is 0. The van der Waals surface area contributed by atoms with Crippen molar-refractivity contribution in [1.82, 2.24) is 5.32 Å². The van der Waals surface area contributed by atoms with Gasteiger partial charge in [-0.15, -0.1) is 0 Å². The Morgan fingerprint density at radius 3 is 2.50 bits per heavy atom. The lowest BCUT2D eigenvalue weighted by Crippen LogP contribution is -2.47. The minimum Gasteiger partial charge on any atom is -0.462 e. The number of nitrogens with one attached hydrogen (secondary N) is 1. The average molecular weight is 283 g/mol. The molecular weight excluding hydrogens is 254 g/mol. The van der Waals surface area contributed by atoms with Gasteiger partial charge in [0.05, 0.1) is 12.5 Å². The molecule has 2 saturated carbocycles. The molecule has 0 aliphatic heterocycles. The van der Waals surface area contributed by atoms with E-state index in [0.717, 1.165) is 38.5 Å². The lowest BCUT2D eigenvalue weighted by molar-refractivity contribution is -0.154. The molecule has 2 fully saturated rings. The maximum absolute atomic E-state index is 12.2. The number of ether oxygens (including phenoxy) is 2. The van der Waals surface area contributed by atoms with Crippen molar-refractivity contribution in [2.45, 2.75) is 82.0 Å². The predicted octanol–water partition coefficient (Wildman–Crippen LogP) is 2.80. The van der Waals surface area contributed by atoms with Crippen LogP contribution in [-0.4, -0.2) is 37.9 Å². The summed E-state index contributed by atoms with van der Waals surface area (Å²) in [5.74, 6) is -0.0389. The first-order valence-corrected chi connectivity index (χ1v) is 8.09. The van der Waals surface area contributed by atoms with Crippen LogP contribution in [0.5, 0.6) is 0 Å². The SMILES string of the molecule is CNC1(CC(=O)OC2CCCC(OC)C2)CCCCC1. The zero-order valence-electron chi connectivity index (χ0n) is 13.0. The van der Waals surface area contributed by atoms with Gasteiger partial charge in [0.2, 0.25) is 0 Å². The first kappa shape index (κ1) is 15.8. The Kier molecular flexibility index (Phi) is 5.85. The smallest absolute Gasteiger partial charge is 0.307 e. The van der Waals surface area contributed by atoms with Gasteiger partial charge in [-0.2, -0.15) is 0 Å². The highest BCUT2D eigenvalue weighted by molar-refractivity contribution is 5.71. The number of rotatable bonds is 5. The van der Waals surface area contributed by atoms with Gasteiger partial charge in [-0.3, -0.25) is 4.79 Å². The molecule has 4 heteroatoms. The third-order valence-electron chi connectivity index (χ3n) is 5.03. The van der Waals surface area contributed by atoms with Gasteiger partial charge in [-0.25, -0.2) is 0 Å². The quantitative estimate of drug-likeness (QED) is 0.788. The molecule has 0 spiro atoms. The molecule has 0 heterocycles. The molecule has 20 heavy (non-hydrogen) atoms. The van der Waals surface area contributed by atoms with Crippen molar-refractivity contribution in [3.8, 4) is 0 Å². The molecule has 0 saturated heterocycles. The van der Waals surface area contributed by atoms with Crippen molar-refractivity contribution in [3.05, 3.63) is 0 Å². The molecule has 116 valence electrons. The van der Waals surface area contributed by atoms with Crippen LogP contribution in [0.15, 0.2) is 0 Å². The highest BCUT2D eigenvalue weighted by Crippen LogP contribution is 2.32. The van der Waals surface area contributed by atoms with E-state index in [4.69, 9.17) is 9.47 Å². The second kappa shape index (κ2) is 7.41. The molecule has 0 bridgehead atoms. The lowest BCUT2D eigenvalue weighted by atomic mass is 9.79. The van der Waals surface area contributed by atoms with E-state index < -0.39 is 0 Å². The van der Waals surface area contributed by atoms with Crippen LogP contribution in [0.2, 0.25) is 0 Å². The van der Waals surface area contributed by atoms with E-state index in [1.165, 1.54) is 19.3 Å². The van der Waals surface area contributed by atoms with E-state index >= 15 is 0 Å². The number of carbonyl (C=O) groups is 1. The summed E-state index contributed by atoms with van der Waals surface area (Å²) in [5, 5.41) is 3.38. The molecule has 4 nitrogen and oxygen atoms in total. The number of carbonyl (C=O) groups excluding carboxylic acids is 1. The summed E-state index contributed by atoms with van der Waals surface area (Å²) in [5.41, 5.74) is -0.0232. The number of hydrogen-bond donors (Lipinski definition) is 1. The van der Waals surface area contributed by atoms with Crippen LogP contribution in [0.1, 0.15) is 64.2 Å². The Bertz CT molecular complexity index is 313. The van der Waals surface area contributed by atoms with Crippen LogP contribution in [0.25, 0.3) is 0 Å². The third-order valence-corrected chi connectivity index (χ3v) is 5.03. The van der Waals surface area contributed by atoms with Gasteiger partial charge in [-0.05, 0) is 39.2 Å².